The molecule has 1 atom stereocenters. The molecule has 2 heterocycles. The van der Waals surface area contributed by atoms with Crippen LogP contribution in [0.5, 0.6) is 0 Å². The molecule has 1 amide bonds. The minimum Gasteiger partial charge on any atom is -0.356 e. The molecule has 114 valence electrons. The first-order valence-corrected chi connectivity index (χ1v) is 7.92. The SMILES string of the molecule is CN1C(=O)C(c2[nH]c3ccccc3c2N=O)c2cccc(Br)c21. The summed E-state index contributed by atoms with van der Waals surface area (Å²) in [5, 5.41) is 3.93. The summed E-state index contributed by atoms with van der Waals surface area (Å²) in [6, 6.07) is 13.1. The minimum atomic E-state index is -0.549. The van der Waals surface area contributed by atoms with Gasteiger partial charge in [0, 0.05) is 22.4 Å². The summed E-state index contributed by atoms with van der Waals surface area (Å²) in [6.07, 6.45) is 0. The first-order chi connectivity index (χ1) is 11.1. The van der Waals surface area contributed by atoms with Crippen molar-refractivity contribution < 1.29 is 4.79 Å². The van der Waals surface area contributed by atoms with E-state index in [-0.39, 0.29) is 5.91 Å². The summed E-state index contributed by atoms with van der Waals surface area (Å²) in [4.78, 5) is 29.1. The van der Waals surface area contributed by atoms with Gasteiger partial charge in [-0.15, -0.1) is 4.91 Å². The maximum atomic E-state index is 12.8. The van der Waals surface area contributed by atoms with Gasteiger partial charge in [-0.25, -0.2) is 0 Å². The van der Waals surface area contributed by atoms with Crippen LogP contribution in [0.15, 0.2) is 52.1 Å². The summed E-state index contributed by atoms with van der Waals surface area (Å²) >= 11 is 3.50. The van der Waals surface area contributed by atoms with Crippen LogP contribution >= 0.6 is 15.9 Å². The lowest BCUT2D eigenvalue weighted by atomic mass is 9.96. The number of nitrogens with zero attached hydrogens (tertiary/aromatic N) is 2. The molecule has 1 aliphatic heterocycles. The van der Waals surface area contributed by atoms with Gasteiger partial charge in [0.2, 0.25) is 5.91 Å². The molecule has 1 aliphatic rings. The highest BCUT2D eigenvalue weighted by molar-refractivity contribution is 9.10. The van der Waals surface area contributed by atoms with E-state index in [4.69, 9.17) is 0 Å². The number of hydrogen-bond acceptors (Lipinski definition) is 3. The summed E-state index contributed by atoms with van der Waals surface area (Å²) in [6.45, 7) is 0. The quantitative estimate of drug-likeness (QED) is 0.678. The number of carbonyl (C=O) groups excluding carboxylic acids is 1. The number of fused-ring (bicyclic) bond motifs is 2. The third-order valence-corrected chi connectivity index (χ3v) is 4.97. The van der Waals surface area contributed by atoms with Crippen LogP contribution in [0, 0.1) is 4.91 Å². The van der Waals surface area contributed by atoms with Crippen LogP contribution in [0.25, 0.3) is 10.9 Å². The van der Waals surface area contributed by atoms with Crippen molar-refractivity contribution >= 4 is 44.1 Å². The Bertz CT molecular complexity index is 964. The van der Waals surface area contributed by atoms with Crippen molar-refractivity contribution in [3.8, 4) is 0 Å². The largest absolute Gasteiger partial charge is 0.356 e. The van der Waals surface area contributed by atoms with Gasteiger partial charge < -0.3 is 9.88 Å². The predicted molar refractivity (Wildman–Crippen MR) is 93.1 cm³/mol. The van der Waals surface area contributed by atoms with Crippen molar-refractivity contribution in [2.24, 2.45) is 5.18 Å². The van der Waals surface area contributed by atoms with Crippen LogP contribution in [0.3, 0.4) is 0 Å². The highest BCUT2D eigenvalue weighted by atomic mass is 79.9. The highest BCUT2D eigenvalue weighted by Gasteiger charge is 2.40. The van der Waals surface area contributed by atoms with Crippen LogP contribution in [-0.2, 0) is 4.79 Å². The fraction of sp³-hybridized carbons (Fsp3) is 0.118. The fourth-order valence-electron chi connectivity index (χ4n) is 3.29. The predicted octanol–water partition coefficient (Wildman–Crippen LogP) is 4.44. The number of amides is 1. The Morgan fingerprint density at radius 3 is 2.74 bits per heavy atom. The molecule has 4 rings (SSSR count). The number of aromatic nitrogens is 1. The van der Waals surface area contributed by atoms with E-state index in [1.807, 2.05) is 42.5 Å². The third kappa shape index (κ3) is 1.88. The molecule has 0 fully saturated rings. The second kappa shape index (κ2) is 5.03. The molecule has 3 aromatic rings. The zero-order chi connectivity index (χ0) is 16.1. The minimum absolute atomic E-state index is 0.0802. The van der Waals surface area contributed by atoms with Crippen LogP contribution < -0.4 is 4.90 Å². The molecule has 2 aromatic carbocycles. The van der Waals surface area contributed by atoms with Gasteiger partial charge in [-0.1, -0.05) is 30.3 Å². The molecule has 1 N–H and O–H groups in total. The number of H-pyrrole nitrogens is 1. The fourth-order valence-corrected chi connectivity index (χ4v) is 3.94. The summed E-state index contributed by atoms with van der Waals surface area (Å²) in [5.74, 6) is -0.629. The zero-order valence-electron chi connectivity index (χ0n) is 12.2. The van der Waals surface area contributed by atoms with Crippen molar-refractivity contribution in [1.29, 1.82) is 0 Å². The van der Waals surface area contributed by atoms with Crippen LogP contribution in [0.4, 0.5) is 11.4 Å². The molecule has 6 heteroatoms. The number of hydrogen-bond donors (Lipinski definition) is 1. The Labute approximate surface area is 140 Å². The number of para-hydroxylation sites is 2. The number of aromatic amines is 1. The molecule has 5 nitrogen and oxygen atoms in total. The van der Waals surface area contributed by atoms with E-state index < -0.39 is 5.92 Å². The summed E-state index contributed by atoms with van der Waals surface area (Å²) < 4.78 is 0.852. The molecule has 1 unspecified atom stereocenters. The molecular formula is C17H12BrN3O2. The van der Waals surface area contributed by atoms with Crippen molar-refractivity contribution in [3.63, 3.8) is 0 Å². The van der Waals surface area contributed by atoms with E-state index in [0.29, 0.717) is 11.4 Å². The maximum Gasteiger partial charge on any atom is 0.240 e. The van der Waals surface area contributed by atoms with Crippen LogP contribution in [-0.4, -0.2) is 17.9 Å². The second-order valence-electron chi connectivity index (χ2n) is 5.53. The second-order valence-corrected chi connectivity index (χ2v) is 6.39. The number of nitrogens with one attached hydrogen (secondary N) is 1. The number of rotatable bonds is 2. The van der Waals surface area contributed by atoms with Gasteiger partial charge in [0.15, 0.2) is 0 Å². The Hall–Kier alpha value is -2.47. The molecule has 0 bridgehead atoms. The van der Waals surface area contributed by atoms with E-state index in [2.05, 4.69) is 26.1 Å². The van der Waals surface area contributed by atoms with E-state index >= 15 is 0 Å². The first kappa shape index (κ1) is 14.1. The molecule has 0 saturated heterocycles. The van der Waals surface area contributed by atoms with E-state index in [1.54, 1.807) is 11.9 Å². The van der Waals surface area contributed by atoms with E-state index in [0.717, 1.165) is 26.6 Å². The number of carbonyl (C=O) groups is 1. The Balaban J connectivity index is 2.01. The van der Waals surface area contributed by atoms with Gasteiger partial charge in [-0.05, 0) is 38.8 Å². The molecule has 0 saturated carbocycles. The maximum absolute atomic E-state index is 12.8. The standard InChI is InChI=1S/C17H12BrN3O2/c1-21-16-10(6-4-7-11(16)18)13(17(21)22)15-14(20-23)9-5-2-3-8-12(9)19-15/h2-8,13,19H,1H3. The average molecular weight is 370 g/mol. The average Bonchev–Trinajstić information content (AvgIpc) is 3.04. The Kier molecular flexibility index (Phi) is 3.09. The molecule has 0 radical (unpaired) electrons. The Morgan fingerprint density at radius 1 is 1.17 bits per heavy atom. The van der Waals surface area contributed by atoms with Gasteiger partial charge in [0.25, 0.3) is 0 Å². The van der Waals surface area contributed by atoms with Crippen molar-refractivity contribution in [2.75, 3.05) is 11.9 Å². The smallest absolute Gasteiger partial charge is 0.240 e. The molecule has 1 aromatic heterocycles. The van der Waals surface area contributed by atoms with Crippen LogP contribution in [0.1, 0.15) is 17.2 Å². The van der Waals surface area contributed by atoms with E-state index in [1.165, 1.54) is 0 Å². The topological polar surface area (TPSA) is 65.5 Å². The number of nitroso groups, excluding NO2 is 1. The zero-order valence-corrected chi connectivity index (χ0v) is 13.8. The lowest BCUT2D eigenvalue weighted by Gasteiger charge is -2.11. The summed E-state index contributed by atoms with van der Waals surface area (Å²) in [7, 11) is 1.74. The van der Waals surface area contributed by atoms with Crippen molar-refractivity contribution in [2.45, 2.75) is 5.92 Å². The molecule has 23 heavy (non-hydrogen) atoms. The van der Waals surface area contributed by atoms with Gasteiger partial charge in [-0.3, -0.25) is 4.79 Å². The van der Waals surface area contributed by atoms with Gasteiger partial charge in [0.05, 0.1) is 11.4 Å². The van der Waals surface area contributed by atoms with E-state index in [9.17, 15) is 9.70 Å². The Morgan fingerprint density at radius 2 is 1.96 bits per heavy atom. The highest BCUT2D eigenvalue weighted by Crippen LogP contribution is 2.47. The monoisotopic (exact) mass is 369 g/mol. The summed E-state index contributed by atoms with van der Waals surface area (Å²) in [5.41, 5.74) is 3.35. The van der Waals surface area contributed by atoms with Gasteiger partial charge in [0.1, 0.15) is 11.6 Å². The molecule has 0 spiro atoms. The first-order valence-electron chi connectivity index (χ1n) is 7.13. The van der Waals surface area contributed by atoms with Crippen molar-refractivity contribution in [3.05, 3.63) is 63.1 Å². The van der Waals surface area contributed by atoms with Crippen molar-refractivity contribution in [1.82, 2.24) is 4.98 Å². The number of anilines is 1. The number of halogens is 1. The molecule has 0 aliphatic carbocycles. The normalized spacial score (nSPS) is 16.9. The van der Waals surface area contributed by atoms with Gasteiger partial charge >= 0.3 is 0 Å². The number of benzene rings is 2. The third-order valence-electron chi connectivity index (χ3n) is 4.33. The molecular weight excluding hydrogens is 358 g/mol. The number of likely N-dealkylation sites (N-methyl/N-ethyl adjacent to an activating group) is 1. The van der Waals surface area contributed by atoms with Gasteiger partial charge in [-0.2, -0.15) is 0 Å². The van der Waals surface area contributed by atoms with Crippen LogP contribution in [0.2, 0.25) is 0 Å². The lowest BCUT2D eigenvalue weighted by molar-refractivity contribution is -0.118. The lowest BCUT2D eigenvalue weighted by Crippen LogP contribution is -2.24.